The number of amides is 1. The number of H-pyrrole nitrogens is 1. The number of carbonyl (C=O) groups is 1. The molecular weight excluding hydrogens is 390 g/mol. The highest BCUT2D eigenvalue weighted by molar-refractivity contribution is 7.99. The number of ether oxygens (including phenoxy) is 2. The average Bonchev–Trinajstić information content (AvgIpc) is 3.17. The van der Waals surface area contributed by atoms with Crippen LogP contribution in [0.3, 0.4) is 0 Å². The van der Waals surface area contributed by atoms with Gasteiger partial charge in [0.15, 0.2) is 5.82 Å². The zero-order valence-electron chi connectivity index (χ0n) is 14.7. The Morgan fingerprint density at radius 1 is 1.14 bits per heavy atom. The molecule has 7 nitrogen and oxygen atoms in total. The highest BCUT2D eigenvalue weighted by Gasteiger charge is 2.10. The summed E-state index contributed by atoms with van der Waals surface area (Å²) in [6.45, 7) is -2.89. The number of anilines is 1. The van der Waals surface area contributed by atoms with Crippen molar-refractivity contribution in [2.24, 2.45) is 0 Å². The summed E-state index contributed by atoms with van der Waals surface area (Å²) in [7, 11) is 1.59. The van der Waals surface area contributed by atoms with Gasteiger partial charge in [0.05, 0.1) is 12.9 Å². The van der Waals surface area contributed by atoms with E-state index in [1.807, 2.05) is 24.3 Å². The minimum absolute atomic E-state index is 0.0224. The minimum Gasteiger partial charge on any atom is -0.497 e. The lowest BCUT2D eigenvalue weighted by Gasteiger charge is -2.07. The number of carbonyl (C=O) groups excluding carboxylic acids is 1. The molecule has 1 aromatic heterocycles. The van der Waals surface area contributed by atoms with Gasteiger partial charge in [-0.15, -0.1) is 5.10 Å². The van der Waals surface area contributed by atoms with E-state index in [4.69, 9.17) is 4.74 Å². The number of hydrogen-bond donors (Lipinski definition) is 2. The fourth-order valence-corrected chi connectivity index (χ4v) is 2.83. The first-order chi connectivity index (χ1) is 13.5. The Bertz CT molecular complexity index is 917. The van der Waals surface area contributed by atoms with Crippen molar-refractivity contribution in [1.82, 2.24) is 15.2 Å². The minimum atomic E-state index is -2.89. The predicted molar refractivity (Wildman–Crippen MR) is 101 cm³/mol. The lowest BCUT2D eigenvalue weighted by molar-refractivity contribution is -0.113. The van der Waals surface area contributed by atoms with E-state index in [1.165, 1.54) is 36.0 Å². The Morgan fingerprint density at radius 2 is 1.82 bits per heavy atom. The fraction of sp³-hybridized carbons (Fsp3) is 0.167. The van der Waals surface area contributed by atoms with Crippen LogP contribution in [-0.2, 0) is 4.79 Å². The van der Waals surface area contributed by atoms with E-state index in [1.54, 1.807) is 7.11 Å². The molecule has 146 valence electrons. The molecule has 0 unspecified atom stereocenters. The normalized spacial score (nSPS) is 10.7. The van der Waals surface area contributed by atoms with Gasteiger partial charge in [-0.2, -0.15) is 8.78 Å². The number of nitrogens with one attached hydrogen (secondary N) is 2. The lowest BCUT2D eigenvalue weighted by Crippen LogP contribution is -2.14. The zero-order valence-corrected chi connectivity index (χ0v) is 15.5. The van der Waals surface area contributed by atoms with E-state index in [0.29, 0.717) is 16.7 Å². The van der Waals surface area contributed by atoms with Crippen molar-refractivity contribution in [3.8, 4) is 22.9 Å². The molecule has 0 aliphatic carbocycles. The second kappa shape index (κ2) is 9.18. The molecule has 0 saturated heterocycles. The van der Waals surface area contributed by atoms with Crippen LogP contribution >= 0.6 is 11.8 Å². The van der Waals surface area contributed by atoms with E-state index >= 15 is 0 Å². The van der Waals surface area contributed by atoms with Gasteiger partial charge in [-0.05, 0) is 48.5 Å². The SMILES string of the molecule is COc1ccc(-c2nc(SCC(=O)Nc3ccc(OC(F)F)cc3)n[nH]2)cc1. The van der Waals surface area contributed by atoms with Gasteiger partial charge in [-0.1, -0.05) is 11.8 Å². The summed E-state index contributed by atoms with van der Waals surface area (Å²) in [5.41, 5.74) is 1.32. The Labute approximate surface area is 163 Å². The Hall–Kier alpha value is -3.14. The first kappa shape index (κ1) is 19.6. The van der Waals surface area contributed by atoms with E-state index in [-0.39, 0.29) is 17.4 Å². The maximum absolute atomic E-state index is 12.1. The molecule has 3 aromatic rings. The zero-order chi connectivity index (χ0) is 19.9. The lowest BCUT2D eigenvalue weighted by atomic mass is 10.2. The summed E-state index contributed by atoms with van der Waals surface area (Å²) in [4.78, 5) is 16.4. The fourth-order valence-electron chi connectivity index (χ4n) is 2.24. The van der Waals surface area contributed by atoms with Gasteiger partial charge in [0.1, 0.15) is 11.5 Å². The quantitative estimate of drug-likeness (QED) is 0.553. The van der Waals surface area contributed by atoms with Crippen molar-refractivity contribution in [3.05, 3.63) is 48.5 Å². The Kier molecular flexibility index (Phi) is 6.43. The van der Waals surface area contributed by atoms with E-state index in [2.05, 4.69) is 25.2 Å². The number of aromatic amines is 1. The number of benzene rings is 2. The summed E-state index contributed by atoms with van der Waals surface area (Å²) >= 11 is 1.17. The maximum atomic E-state index is 12.1. The van der Waals surface area contributed by atoms with Crippen molar-refractivity contribution in [2.75, 3.05) is 18.2 Å². The number of rotatable bonds is 8. The van der Waals surface area contributed by atoms with Gasteiger partial charge < -0.3 is 14.8 Å². The molecule has 0 fully saturated rings. The smallest absolute Gasteiger partial charge is 0.387 e. The molecule has 0 radical (unpaired) electrons. The first-order valence-corrected chi connectivity index (χ1v) is 9.06. The predicted octanol–water partition coefficient (Wildman–Crippen LogP) is 3.81. The summed E-state index contributed by atoms with van der Waals surface area (Å²) in [5.74, 6) is 1.16. The number of methoxy groups -OCH3 is 1. The molecule has 10 heteroatoms. The van der Waals surface area contributed by atoms with Gasteiger partial charge in [0.2, 0.25) is 11.1 Å². The largest absolute Gasteiger partial charge is 0.497 e. The Balaban J connectivity index is 1.51. The standard InChI is InChI=1S/C18H16F2N4O3S/c1-26-13-6-2-11(3-7-13)16-22-18(24-23-16)28-10-15(25)21-12-4-8-14(9-5-12)27-17(19)20/h2-9,17H,10H2,1H3,(H,21,25)(H,22,23,24). The summed E-state index contributed by atoms with van der Waals surface area (Å²) < 4.78 is 33.6. The molecule has 1 amide bonds. The van der Waals surface area contributed by atoms with Crippen LogP contribution in [0, 0.1) is 0 Å². The van der Waals surface area contributed by atoms with Crippen LogP contribution in [0.5, 0.6) is 11.5 Å². The molecule has 1 heterocycles. The molecule has 0 saturated carbocycles. The molecule has 3 rings (SSSR count). The number of aromatic nitrogens is 3. The van der Waals surface area contributed by atoms with E-state index in [9.17, 15) is 13.6 Å². The van der Waals surface area contributed by atoms with Gasteiger partial charge in [-0.3, -0.25) is 9.89 Å². The molecule has 28 heavy (non-hydrogen) atoms. The molecule has 0 aliphatic rings. The number of thioether (sulfide) groups is 1. The van der Waals surface area contributed by atoms with Crippen LogP contribution in [0.1, 0.15) is 0 Å². The number of hydrogen-bond acceptors (Lipinski definition) is 6. The monoisotopic (exact) mass is 406 g/mol. The van der Waals surface area contributed by atoms with Crippen LogP contribution in [0.15, 0.2) is 53.7 Å². The maximum Gasteiger partial charge on any atom is 0.387 e. The number of alkyl halides is 2. The topological polar surface area (TPSA) is 89.1 Å². The summed E-state index contributed by atoms with van der Waals surface area (Å²) in [6, 6.07) is 13.0. The highest BCUT2D eigenvalue weighted by atomic mass is 32.2. The van der Waals surface area contributed by atoms with Crippen LogP contribution in [0.2, 0.25) is 0 Å². The third-order valence-electron chi connectivity index (χ3n) is 3.52. The van der Waals surface area contributed by atoms with E-state index in [0.717, 1.165) is 11.3 Å². The first-order valence-electron chi connectivity index (χ1n) is 8.08. The molecule has 0 aliphatic heterocycles. The van der Waals surface area contributed by atoms with Gasteiger partial charge >= 0.3 is 6.61 Å². The Morgan fingerprint density at radius 3 is 2.46 bits per heavy atom. The average molecular weight is 406 g/mol. The third-order valence-corrected chi connectivity index (χ3v) is 4.37. The van der Waals surface area contributed by atoms with Crippen LogP contribution < -0.4 is 14.8 Å². The van der Waals surface area contributed by atoms with Crippen molar-refractivity contribution < 1.29 is 23.0 Å². The van der Waals surface area contributed by atoms with Gasteiger partial charge in [0, 0.05) is 11.3 Å². The molecule has 0 bridgehead atoms. The van der Waals surface area contributed by atoms with Crippen molar-refractivity contribution in [1.29, 1.82) is 0 Å². The molecule has 0 atom stereocenters. The molecular formula is C18H16F2N4O3S. The molecule has 2 N–H and O–H groups in total. The summed E-state index contributed by atoms with van der Waals surface area (Å²) in [5, 5.41) is 10.00. The van der Waals surface area contributed by atoms with Crippen molar-refractivity contribution in [3.63, 3.8) is 0 Å². The van der Waals surface area contributed by atoms with Crippen molar-refractivity contribution in [2.45, 2.75) is 11.8 Å². The highest BCUT2D eigenvalue weighted by Crippen LogP contribution is 2.22. The second-order valence-electron chi connectivity index (χ2n) is 5.43. The number of halogens is 2. The summed E-state index contributed by atoms with van der Waals surface area (Å²) in [6.07, 6.45) is 0. The van der Waals surface area contributed by atoms with Crippen LogP contribution in [-0.4, -0.2) is 40.6 Å². The number of nitrogens with zero attached hydrogens (tertiary/aromatic N) is 2. The molecule has 0 spiro atoms. The van der Waals surface area contributed by atoms with Crippen LogP contribution in [0.25, 0.3) is 11.4 Å². The van der Waals surface area contributed by atoms with E-state index < -0.39 is 6.61 Å². The van der Waals surface area contributed by atoms with Crippen LogP contribution in [0.4, 0.5) is 14.5 Å². The van der Waals surface area contributed by atoms with Gasteiger partial charge in [0.25, 0.3) is 0 Å². The van der Waals surface area contributed by atoms with Crippen molar-refractivity contribution >= 4 is 23.4 Å². The van der Waals surface area contributed by atoms with Gasteiger partial charge in [-0.25, -0.2) is 4.98 Å². The second-order valence-corrected chi connectivity index (χ2v) is 6.38. The molecule has 2 aromatic carbocycles. The third kappa shape index (κ3) is 5.43.